The maximum Gasteiger partial charge on any atom is 0.185 e. The summed E-state index contributed by atoms with van der Waals surface area (Å²) in [4.78, 5) is 10.5. The molecule has 0 bridgehead atoms. The number of thiazole rings is 1. The minimum atomic E-state index is -0.343. The van der Waals surface area contributed by atoms with E-state index in [-0.39, 0.29) is 18.6 Å². The number of aliphatic hydroxyl groups is 2. The van der Waals surface area contributed by atoms with E-state index in [9.17, 15) is 5.11 Å². The highest BCUT2D eigenvalue weighted by atomic mass is 32.1. The van der Waals surface area contributed by atoms with Crippen LogP contribution in [-0.4, -0.2) is 39.4 Å². The second-order valence-electron chi connectivity index (χ2n) is 5.07. The predicted molar refractivity (Wildman–Crippen MR) is 77.7 cm³/mol. The Kier molecular flexibility index (Phi) is 3.95. The zero-order chi connectivity index (χ0) is 13.9. The predicted octanol–water partition coefficient (Wildman–Crippen LogP) is 1.07. The van der Waals surface area contributed by atoms with Crippen LogP contribution >= 0.6 is 11.3 Å². The molecule has 2 N–H and O–H groups in total. The van der Waals surface area contributed by atoms with Crippen LogP contribution < -0.4 is 4.90 Å². The van der Waals surface area contributed by atoms with Gasteiger partial charge in [0.1, 0.15) is 0 Å². The van der Waals surface area contributed by atoms with Crippen LogP contribution in [0.5, 0.6) is 0 Å². The van der Waals surface area contributed by atoms with Crippen LogP contribution in [0.15, 0.2) is 29.9 Å². The maximum atomic E-state index is 10.2. The number of aliphatic hydroxyl groups excluding tert-OH is 2. The second kappa shape index (κ2) is 5.87. The summed E-state index contributed by atoms with van der Waals surface area (Å²) in [6, 6.07) is 3.98. The molecule has 1 fully saturated rings. The molecule has 3 heterocycles. The Labute approximate surface area is 121 Å². The Balaban J connectivity index is 1.67. The molecule has 0 radical (unpaired) electrons. The molecule has 0 amide bonds. The molecule has 0 spiro atoms. The van der Waals surface area contributed by atoms with E-state index in [2.05, 4.69) is 14.9 Å². The lowest BCUT2D eigenvalue weighted by Crippen LogP contribution is -2.20. The summed E-state index contributed by atoms with van der Waals surface area (Å²) < 4.78 is 0. The van der Waals surface area contributed by atoms with Gasteiger partial charge in [-0.1, -0.05) is 0 Å². The van der Waals surface area contributed by atoms with Gasteiger partial charge in [-0.25, -0.2) is 4.98 Å². The third kappa shape index (κ3) is 2.82. The molecule has 6 heteroatoms. The molecule has 0 aromatic carbocycles. The number of pyridine rings is 1. The molecule has 1 aliphatic rings. The van der Waals surface area contributed by atoms with E-state index in [0.717, 1.165) is 18.1 Å². The molecule has 1 saturated heterocycles. The van der Waals surface area contributed by atoms with Gasteiger partial charge in [-0.2, -0.15) is 0 Å². The smallest absolute Gasteiger partial charge is 0.185 e. The third-order valence-electron chi connectivity index (χ3n) is 3.63. The van der Waals surface area contributed by atoms with Gasteiger partial charge in [-0.3, -0.25) is 4.98 Å². The van der Waals surface area contributed by atoms with Crippen molar-refractivity contribution in [3.05, 3.63) is 41.2 Å². The van der Waals surface area contributed by atoms with Crippen molar-refractivity contribution in [2.45, 2.75) is 19.1 Å². The molecule has 2 atom stereocenters. The van der Waals surface area contributed by atoms with E-state index >= 15 is 0 Å². The summed E-state index contributed by atoms with van der Waals surface area (Å²) in [5.41, 5.74) is 1.89. The van der Waals surface area contributed by atoms with Crippen LogP contribution in [0.4, 0.5) is 5.13 Å². The normalized spacial score (nSPS) is 22.4. The van der Waals surface area contributed by atoms with Gasteiger partial charge in [0, 0.05) is 36.8 Å². The first-order chi connectivity index (χ1) is 9.76. The average Bonchev–Trinajstić information content (AvgIpc) is 3.07. The third-order valence-corrected chi connectivity index (χ3v) is 4.58. The Morgan fingerprint density at radius 1 is 1.30 bits per heavy atom. The standard InChI is InChI=1S/C14H17N3O2S/c18-8-12-9-20-14(16-12)17-6-11(13(19)7-17)5-10-1-3-15-4-2-10/h1-4,9,11,13,18-19H,5-8H2/t11-,13+/m1/s1. The summed E-state index contributed by atoms with van der Waals surface area (Å²) in [6.45, 7) is 1.36. The summed E-state index contributed by atoms with van der Waals surface area (Å²) in [5, 5.41) is 22.0. The summed E-state index contributed by atoms with van der Waals surface area (Å²) in [5.74, 6) is 0.207. The molecule has 20 heavy (non-hydrogen) atoms. The topological polar surface area (TPSA) is 69.5 Å². The van der Waals surface area contributed by atoms with Gasteiger partial charge in [0.15, 0.2) is 5.13 Å². The zero-order valence-electron chi connectivity index (χ0n) is 11.0. The number of hydrogen-bond donors (Lipinski definition) is 2. The van der Waals surface area contributed by atoms with Crippen molar-refractivity contribution >= 4 is 16.5 Å². The SMILES string of the molecule is OCc1csc(N2C[C@@H](Cc3ccncc3)[C@@H](O)C2)n1. The average molecular weight is 291 g/mol. The molecule has 5 nitrogen and oxygen atoms in total. The fourth-order valence-electron chi connectivity index (χ4n) is 2.55. The van der Waals surface area contributed by atoms with E-state index in [4.69, 9.17) is 5.11 Å². The van der Waals surface area contributed by atoms with E-state index in [1.54, 1.807) is 12.4 Å². The van der Waals surface area contributed by atoms with E-state index in [1.165, 1.54) is 16.9 Å². The zero-order valence-corrected chi connectivity index (χ0v) is 11.8. The van der Waals surface area contributed by atoms with Crippen molar-refractivity contribution in [2.24, 2.45) is 5.92 Å². The molecule has 1 aliphatic heterocycles. The fourth-order valence-corrected chi connectivity index (χ4v) is 3.38. The van der Waals surface area contributed by atoms with E-state index in [1.807, 2.05) is 17.5 Å². The number of aromatic nitrogens is 2. The number of nitrogens with zero attached hydrogens (tertiary/aromatic N) is 3. The van der Waals surface area contributed by atoms with Gasteiger partial charge in [0.2, 0.25) is 0 Å². The molecule has 0 aliphatic carbocycles. The van der Waals surface area contributed by atoms with Gasteiger partial charge >= 0.3 is 0 Å². The van der Waals surface area contributed by atoms with Gasteiger partial charge in [0.05, 0.1) is 18.4 Å². The lowest BCUT2D eigenvalue weighted by molar-refractivity contribution is 0.148. The van der Waals surface area contributed by atoms with Crippen molar-refractivity contribution in [2.75, 3.05) is 18.0 Å². The van der Waals surface area contributed by atoms with E-state index in [0.29, 0.717) is 12.2 Å². The Hall–Kier alpha value is -1.50. The first-order valence-electron chi connectivity index (χ1n) is 6.63. The minimum absolute atomic E-state index is 0.0344. The van der Waals surface area contributed by atoms with Gasteiger partial charge < -0.3 is 15.1 Å². The van der Waals surface area contributed by atoms with Crippen LogP contribution in [0.25, 0.3) is 0 Å². The molecule has 3 rings (SSSR count). The first-order valence-corrected chi connectivity index (χ1v) is 7.51. The molecule has 0 saturated carbocycles. The van der Waals surface area contributed by atoms with E-state index < -0.39 is 0 Å². The highest BCUT2D eigenvalue weighted by molar-refractivity contribution is 7.13. The number of hydrogen-bond acceptors (Lipinski definition) is 6. The molecular formula is C14H17N3O2S. The Bertz CT molecular complexity index is 561. The van der Waals surface area contributed by atoms with Crippen molar-refractivity contribution in [1.82, 2.24) is 9.97 Å². The Morgan fingerprint density at radius 3 is 2.80 bits per heavy atom. The lowest BCUT2D eigenvalue weighted by atomic mass is 9.97. The maximum absolute atomic E-state index is 10.2. The van der Waals surface area contributed by atoms with Crippen LogP contribution in [0, 0.1) is 5.92 Å². The minimum Gasteiger partial charge on any atom is -0.391 e. The van der Waals surface area contributed by atoms with Gasteiger partial charge in [0.25, 0.3) is 0 Å². The monoisotopic (exact) mass is 291 g/mol. The van der Waals surface area contributed by atoms with Crippen LogP contribution in [0.1, 0.15) is 11.3 Å². The highest BCUT2D eigenvalue weighted by Gasteiger charge is 2.32. The van der Waals surface area contributed by atoms with Crippen molar-refractivity contribution in [3.63, 3.8) is 0 Å². The Morgan fingerprint density at radius 2 is 2.10 bits per heavy atom. The fraction of sp³-hybridized carbons (Fsp3) is 0.429. The summed E-state index contributed by atoms with van der Waals surface area (Å²) >= 11 is 1.52. The molecule has 2 aromatic rings. The lowest BCUT2D eigenvalue weighted by Gasteiger charge is -2.14. The largest absolute Gasteiger partial charge is 0.391 e. The summed E-state index contributed by atoms with van der Waals surface area (Å²) in [6.07, 6.45) is 4.06. The second-order valence-corrected chi connectivity index (χ2v) is 5.91. The summed E-state index contributed by atoms with van der Waals surface area (Å²) in [7, 11) is 0. The number of anilines is 1. The van der Waals surface area contributed by atoms with Crippen LogP contribution in [0.2, 0.25) is 0 Å². The van der Waals surface area contributed by atoms with Gasteiger partial charge in [-0.15, -0.1) is 11.3 Å². The first kappa shape index (κ1) is 13.5. The van der Waals surface area contributed by atoms with Crippen molar-refractivity contribution in [1.29, 1.82) is 0 Å². The van der Waals surface area contributed by atoms with Crippen molar-refractivity contribution in [3.8, 4) is 0 Å². The number of β-amino-alcohol motifs (C(OH)–C–C–N with tert-alkyl or cyclic N) is 1. The van der Waals surface area contributed by atoms with Gasteiger partial charge in [-0.05, 0) is 24.1 Å². The van der Waals surface area contributed by atoms with Crippen LogP contribution in [0.3, 0.4) is 0 Å². The molecular weight excluding hydrogens is 274 g/mol. The molecule has 2 aromatic heterocycles. The molecule has 106 valence electrons. The molecule has 0 unspecified atom stereocenters. The number of rotatable bonds is 4. The highest BCUT2D eigenvalue weighted by Crippen LogP contribution is 2.29. The quantitative estimate of drug-likeness (QED) is 0.882. The van der Waals surface area contributed by atoms with Crippen LogP contribution in [-0.2, 0) is 13.0 Å². The van der Waals surface area contributed by atoms with Crippen molar-refractivity contribution < 1.29 is 10.2 Å².